The molecule has 0 aliphatic carbocycles. The number of carbonyl (C=O) groups is 1. The van der Waals surface area contributed by atoms with Gasteiger partial charge in [0.1, 0.15) is 0 Å². The number of amides is 2. The van der Waals surface area contributed by atoms with Gasteiger partial charge in [-0.25, -0.2) is 4.79 Å². The number of benzene rings is 1. The second-order valence-electron chi connectivity index (χ2n) is 5.07. The van der Waals surface area contributed by atoms with E-state index in [1.807, 2.05) is 28.8 Å². The minimum atomic E-state index is -1.04. The highest BCUT2D eigenvalue weighted by Crippen LogP contribution is 2.25. The largest absolute Gasteiger partial charge is 0.322 e. The highest BCUT2D eigenvalue weighted by molar-refractivity contribution is 8.00. The van der Waals surface area contributed by atoms with Gasteiger partial charge in [0.2, 0.25) is 0 Å². The van der Waals surface area contributed by atoms with Gasteiger partial charge in [0, 0.05) is 51.2 Å². The number of nitrogens with one attached hydrogen (secondary N) is 1. The summed E-state index contributed by atoms with van der Waals surface area (Å²) < 4.78 is 11.5. The zero-order valence-corrected chi connectivity index (χ0v) is 13.6. The lowest BCUT2D eigenvalue weighted by Crippen LogP contribution is -2.46. The van der Waals surface area contributed by atoms with Crippen molar-refractivity contribution in [2.45, 2.75) is 29.2 Å². The molecule has 2 rings (SSSR count). The molecule has 0 aromatic heterocycles. The number of hydrogen-bond donors (Lipinski definition) is 1. The van der Waals surface area contributed by atoms with Crippen LogP contribution in [0.4, 0.5) is 10.5 Å². The van der Waals surface area contributed by atoms with Crippen molar-refractivity contribution in [1.82, 2.24) is 4.90 Å². The van der Waals surface area contributed by atoms with Gasteiger partial charge in [0.15, 0.2) is 0 Å². The van der Waals surface area contributed by atoms with E-state index in [0.29, 0.717) is 16.2 Å². The molecule has 2 amide bonds. The van der Waals surface area contributed by atoms with Crippen molar-refractivity contribution in [3.05, 3.63) is 24.3 Å². The summed E-state index contributed by atoms with van der Waals surface area (Å²) in [7, 11) is -1.04. The highest BCUT2D eigenvalue weighted by atomic mass is 32.2. The minimum absolute atomic E-state index is 0.0805. The Morgan fingerprint density at radius 1 is 1.35 bits per heavy atom. The predicted molar refractivity (Wildman–Crippen MR) is 85.9 cm³/mol. The summed E-state index contributed by atoms with van der Waals surface area (Å²) in [6, 6.07) is 7.11. The van der Waals surface area contributed by atoms with E-state index in [1.165, 1.54) is 0 Å². The zero-order valence-electron chi connectivity index (χ0n) is 12.0. The van der Waals surface area contributed by atoms with Gasteiger partial charge < -0.3 is 10.2 Å². The number of nitrogens with zero attached hydrogens (tertiary/aromatic N) is 1. The van der Waals surface area contributed by atoms with Crippen molar-refractivity contribution in [1.29, 1.82) is 0 Å². The van der Waals surface area contributed by atoms with E-state index in [4.69, 9.17) is 0 Å². The lowest BCUT2D eigenvalue weighted by atomic mass is 10.3. The monoisotopic (exact) mass is 312 g/mol. The van der Waals surface area contributed by atoms with Gasteiger partial charge in [-0.05, 0) is 18.2 Å². The molecule has 1 aromatic rings. The Kier molecular flexibility index (Phi) is 5.10. The fourth-order valence-electron chi connectivity index (χ4n) is 2.30. The molecule has 4 nitrogen and oxygen atoms in total. The van der Waals surface area contributed by atoms with Crippen molar-refractivity contribution in [2.75, 3.05) is 24.7 Å². The molecule has 110 valence electrons. The molecule has 1 aromatic carbocycles. The van der Waals surface area contributed by atoms with Crippen LogP contribution < -0.4 is 5.32 Å². The van der Waals surface area contributed by atoms with Crippen LogP contribution in [0.1, 0.15) is 13.8 Å². The Balaban J connectivity index is 2.04. The third-order valence-electron chi connectivity index (χ3n) is 3.12. The van der Waals surface area contributed by atoms with Crippen LogP contribution in [0, 0.1) is 0 Å². The Morgan fingerprint density at radius 3 is 2.60 bits per heavy atom. The van der Waals surface area contributed by atoms with Crippen LogP contribution in [0.2, 0.25) is 0 Å². The maximum absolute atomic E-state index is 12.3. The van der Waals surface area contributed by atoms with Crippen molar-refractivity contribution >= 4 is 34.3 Å². The normalized spacial score (nSPS) is 24.2. The topological polar surface area (TPSA) is 49.4 Å². The van der Waals surface area contributed by atoms with Gasteiger partial charge in [-0.1, -0.05) is 19.9 Å². The van der Waals surface area contributed by atoms with Crippen LogP contribution in [0.3, 0.4) is 0 Å². The van der Waals surface area contributed by atoms with Gasteiger partial charge in [0.05, 0.1) is 0 Å². The number of anilines is 1. The summed E-state index contributed by atoms with van der Waals surface area (Å²) in [5.74, 6) is 0. The molecule has 1 N–H and O–H groups in total. The fourth-order valence-corrected chi connectivity index (χ4v) is 4.19. The van der Waals surface area contributed by atoms with Gasteiger partial charge >= 0.3 is 6.03 Å². The molecule has 3 atom stereocenters. The van der Waals surface area contributed by atoms with Crippen LogP contribution in [-0.4, -0.2) is 45.0 Å². The summed E-state index contributed by atoms with van der Waals surface area (Å²) >= 11 is 1.91. The average molecular weight is 312 g/mol. The van der Waals surface area contributed by atoms with E-state index in [0.717, 1.165) is 18.0 Å². The molecule has 1 fully saturated rings. The van der Waals surface area contributed by atoms with Crippen molar-refractivity contribution in [3.63, 3.8) is 0 Å². The zero-order chi connectivity index (χ0) is 14.7. The molecule has 0 unspecified atom stereocenters. The smallest absolute Gasteiger partial charge is 0.321 e. The molecule has 0 saturated carbocycles. The molecule has 6 heteroatoms. The molecule has 0 bridgehead atoms. The van der Waals surface area contributed by atoms with Gasteiger partial charge in [-0.2, -0.15) is 11.8 Å². The predicted octanol–water partition coefficient (Wildman–Crippen LogP) is 2.78. The van der Waals surface area contributed by atoms with E-state index in [-0.39, 0.29) is 6.03 Å². The second-order valence-corrected chi connectivity index (χ2v) is 8.34. The molecule has 1 aliphatic rings. The third kappa shape index (κ3) is 3.99. The number of carbonyl (C=O) groups excluding carboxylic acids is 1. The summed E-state index contributed by atoms with van der Waals surface area (Å²) in [6.45, 7) is 5.81. The Hall–Kier alpha value is -1.01. The van der Waals surface area contributed by atoms with Gasteiger partial charge in [-0.15, -0.1) is 0 Å². The Labute approximate surface area is 126 Å². The summed E-state index contributed by atoms with van der Waals surface area (Å²) in [6.07, 6.45) is 1.63. The first-order chi connectivity index (χ1) is 9.45. The first-order valence-electron chi connectivity index (χ1n) is 6.60. The van der Waals surface area contributed by atoms with Crippen LogP contribution in [-0.2, 0) is 10.8 Å². The lowest BCUT2D eigenvalue weighted by Gasteiger charge is -2.34. The van der Waals surface area contributed by atoms with Crippen LogP contribution in [0.25, 0.3) is 0 Å². The Morgan fingerprint density at radius 2 is 2.00 bits per heavy atom. The van der Waals surface area contributed by atoms with E-state index in [1.54, 1.807) is 18.4 Å². The molecule has 1 aliphatic heterocycles. The molecular formula is C14H20N2O2S2. The maximum atomic E-state index is 12.3. The minimum Gasteiger partial charge on any atom is -0.322 e. The SMILES string of the molecule is C[C@@H]1CN(C(=O)Nc2cccc([S@](C)=O)c2)C[C@H](C)S1. The molecular weight excluding hydrogens is 292 g/mol. The van der Waals surface area contributed by atoms with Gasteiger partial charge in [0.25, 0.3) is 0 Å². The summed E-state index contributed by atoms with van der Waals surface area (Å²) in [5, 5.41) is 3.81. The number of hydrogen-bond acceptors (Lipinski definition) is 3. The number of thioether (sulfide) groups is 1. The van der Waals surface area contributed by atoms with E-state index in [9.17, 15) is 9.00 Å². The van der Waals surface area contributed by atoms with E-state index in [2.05, 4.69) is 19.2 Å². The standard InChI is InChI=1S/C14H20N2O2S2/c1-10-8-16(9-11(2)19-10)14(17)15-12-5-4-6-13(7-12)20(3)18/h4-7,10-11H,8-9H2,1-3H3,(H,15,17)/t10-,11+,20-/m0/s1. The molecule has 1 heterocycles. The van der Waals surface area contributed by atoms with Crippen molar-refractivity contribution in [3.8, 4) is 0 Å². The summed E-state index contributed by atoms with van der Waals surface area (Å²) in [4.78, 5) is 14.8. The number of rotatable bonds is 2. The number of urea groups is 1. The summed E-state index contributed by atoms with van der Waals surface area (Å²) in [5.41, 5.74) is 0.696. The van der Waals surface area contributed by atoms with E-state index < -0.39 is 10.8 Å². The molecule has 1 saturated heterocycles. The first-order valence-corrected chi connectivity index (χ1v) is 9.10. The second kappa shape index (κ2) is 6.63. The quantitative estimate of drug-likeness (QED) is 0.913. The first kappa shape index (κ1) is 15.4. The van der Waals surface area contributed by atoms with Crippen molar-refractivity contribution in [2.24, 2.45) is 0 Å². The van der Waals surface area contributed by atoms with E-state index >= 15 is 0 Å². The molecule has 0 spiro atoms. The molecule has 0 radical (unpaired) electrons. The van der Waals surface area contributed by atoms with Crippen molar-refractivity contribution < 1.29 is 9.00 Å². The maximum Gasteiger partial charge on any atom is 0.321 e. The molecule has 20 heavy (non-hydrogen) atoms. The van der Waals surface area contributed by atoms with Crippen LogP contribution in [0.5, 0.6) is 0 Å². The van der Waals surface area contributed by atoms with Crippen LogP contribution in [0.15, 0.2) is 29.2 Å². The Bertz CT molecular complexity index is 512. The fraction of sp³-hybridized carbons (Fsp3) is 0.500. The van der Waals surface area contributed by atoms with Crippen LogP contribution >= 0.6 is 11.8 Å². The lowest BCUT2D eigenvalue weighted by molar-refractivity contribution is 0.211. The average Bonchev–Trinajstić information content (AvgIpc) is 2.37. The third-order valence-corrected chi connectivity index (χ3v) is 5.27. The highest BCUT2D eigenvalue weighted by Gasteiger charge is 2.25. The van der Waals surface area contributed by atoms with Gasteiger partial charge in [-0.3, -0.25) is 4.21 Å².